The minimum Gasteiger partial charge on any atom is -0.496 e. The van der Waals surface area contributed by atoms with Gasteiger partial charge in [-0.25, -0.2) is 9.97 Å². The van der Waals surface area contributed by atoms with E-state index < -0.39 is 0 Å². The number of para-hydroxylation sites is 1. The maximum absolute atomic E-state index is 12.9. The average molecular weight is 380 g/mol. The molecule has 1 amide bonds. The fourth-order valence-electron chi connectivity index (χ4n) is 3.76. The van der Waals surface area contributed by atoms with Crippen LogP contribution in [0.15, 0.2) is 24.3 Å². The quantitative estimate of drug-likeness (QED) is 0.691. The fourth-order valence-corrected chi connectivity index (χ4v) is 3.76. The first-order chi connectivity index (χ1) is 13.5. The molecule has 0 saturated carbocycles. The summed E-state index contributed by atoms with van der Waals surface area (Å²) in [7, 11) is 3.50. The molecule has 0 bridgehead atoms. The summed E-state index contributed by atoms with van der Waals surface area (Å²) in [5, 5.41) is 4.50. The van der Waals surface area contributed by atoms with Gasteiger partial charge in [-0.05, 0) is 26.0 Å². The van der Waals surface area contributed by atoms with Crippen LogP contribution in [0.2, 0.25) is 0 Å². The van der Waals surface area contributed by atoms with Gasteiger partial charge in [0.15, 0.2) is 5.82 Å². The molecule has 8 heteroatoms. The lowest BCUT2D eigenvalue weighted by Gasteiger charge is -2.35. The van der Waals surface area contributed by atoms with Crippen LogP contribution in [-0.4, -0.2) is 63.8 Å². The molecule has 0 N–H and O–H groups in total. The molecule has 0 spiro atoms. The van der Waals surface area contributed by atoms with E-state index in [0.717, 1.165) is 28.4 Å². The number of ether oxygens (including phenoxy) is 1. The molecule has 28 heavy (non-hydrogen) atoms. The van der Waals surface area contributed by atoms with Crippen molar-refractivity contribution in [3.05, 3.63) is 41.3 Å². The van der Waals surface area contributed by atoms with Crippen LogP contribution in [0.25, 0.3) is 11.0 Å². The molecule has 3 aromatic rings. The number of aromatic nitrogens is 4. The Kier molecular flexibility index (Phi) is 4.62. The largest absolute Gasteiger partial charge is 0.496 e. The van der Waals surface area contributed by atoms with Crippen molar-refractivity contribution in [1.29, 1.82) is 0 Å². The molecule has 1 aliphatic heterocycles. The Hall–Kier alpha value is -3.16. The van der Waals surface area contributed by atoms with Gasteiger partial charge in [-0.3, -0.25) is 9.48 Å². The Balaban J connectivity index is 1.57. The summed E-state index contributed by atoms with van der Waals surface area (Å²) in [6.07, 6.45) is 0. The normalized spacial score (nSPS) is 14.6. The highest BCUT2D eigenvalue weighted by Crippen LogP contribution is 2.27. The lowest BCUT2D eigenvalue weighted by atomic mass is 10.1. The Morgan fingerprint density at radius 2 is 1.79 bits per heavy atom. The number of piperazine rings is 1. The molecule has 0 aliphatic carbocycles. The third kappa shape index (κ3) is 3.04. The van der Waals surface area contributed by atoms with Crippen LogP contribution in [0.5, 0.6) is 5.75 Å². The fraction of sp³-hybridized carbons (Fsp3) is 0.400. The molecular formula is C20H24N6O2. The molecule has 1 saturated heterocycles. The van der Waals surface area contributed by atoms with E-state index in [1.807, 2.05) is 54.7 Å². The van der Waals surface area contributed by atoms with E-state index in [9.17, 15) is 4.79 Å². The van der Waals surface area contributed by atoms with Crippen LogP contribution >= 0.6 is 0 Å². The molecule has 1 aliphatic rings. The lowest BCUT2D eigenvalue weighted by molar-refractivity contribution is 0.0743. The standard InChI is InChI=1S/C20H24N6O2/c1-13-17-18(24(3)23-13)19(22-14(2)21-17)25-9-11-26(12-10-25)20(27)15-7-5-6-8-16(15)28-4/h5-8H,9-12H2,1-4H3. The minimum absolute atomic E-state index is 0.00232. The van der Waals surface area contributed by atoms with Crippen molar-refractivity contribution in [3.63, 3.8) is 0 Å². The average Bonchev–Trinajstić information content (AvgIpc) is 3.00. The maximum Gasteiger partial charge on any atom is 0.257 e. The molecule has 1 aromatic carbocycles. The van der Waals surface area contributed by atoms with Crippen LogP contribution in [0.1, 0.15) is 21.9 Å². The zero-order valence-corrected chi connectivity index (χ0v) is 16.6. The van der Waals surface area contributed by atoms with E-state index >= 15 is 0 Å². The van der Waals surface area contributed by atoms with E-state index in [2.05, 4.69) is 20.0 Å². The third-order valence-electron chi connectivity index (χ3n) is 5.15. The van der Waals surface area contributed by atoms with Gasteiger partial charge in [0.2, 0.25) is 0 Å². The van der Waals surface area contributed by atoms with Crippen LogP contribution in [0.3, 0.4) is 0 Å². The highest BCUT2D eigenvalue weighted by molar-refractivity contribution is 5.97. The van der Waals surface area contributed by atoms with Crippen LogP contribution in [0.4, 0.5) is 5.82 Å². The summed E-state index contributed by atoms with van der Waals surface area (Å²) in [6.45, 7) is 6.52. The molecule has 2 aromatic heterocycles. The van der Waals surface area contributed by atoms with Gasteiger partial charge in [0.25, 0.3) is 5.91 Å². The van der Waals surface area contributed by atoms with Gasteiger partial charge in [-0.15, -0.1) is 0 Å². The van der Waals surface area contributed by atoms with Crippen molar-refractivity contribution in [2.45, 2.75) is 13.8 Å². The summed E-state index contributed by atoms with van der Waals surface area (Å²) < 4.78 is 7.18. The summed E-state index contributed by atoms with van der Waals surface area (Å²) in [4.78, 5) is 26.3. The predicted octanol–water partition coefficient (Wildman–Crippen LogP) is 1.95. The first kappa shape index (κ1) is 18.2. The predicted molar refractivity (Wildman–Crippen MR) is 107 cm³/mol. The minimum atomic E-state index is -0.00232. The van der Waals surface area contributed by atoms with Gasteiger partial charge in [0.1, 0.15) is 22.6 Å². The van der Waals surface area contributed by atoms with Gasteiger partial charge in [0.05, 0.1) is 18.4 Å². The number of methoxy groups -OCH3 is 1. The number of rotatable bonds is 3. The topological polar surface area (TPSA) is 76.4 Å². The highest BCUT2D eigenvalue weighted by atomic mass is 16.5. The Morgan fingerprint density at radius 3 is 2.50 bits per heavy atom. The number of benzene rings is 1. The molecule has 0 atom stereocenters. The van der Waals surface area contributed by atoms with E-state index in [1.54, 1.807) is 7.11 Å². The van der Waals surface area contributed by atoms with E-state index in [4.69, 9.17) is 4.74 Å². The first-order valence-corrected chi connectivity index (χ1v) is 9.34. The van der Waals surface area contributed by atoms with Crippen LogP contribution in [-0.2, 0) is 7.05 Å². The molecular weight excluding hydrogens is 356 g/mol. The van der Waals surface area contributed by atoms with Crippen molar-refractivity contribution >= 4 is 22.8 Å². The number of fused-ring (bicyclic) bond motifs is 1. The van der Waals surface area contributed by atoms with Gasteiger partial charge >= 0.3 is 0 Å². The second kappa shape index (κ2) is 7.10. The Morgan fingerprint density at radius 1 is 1.07 bits per heavy atom. The van der Waals surface area contributed by atoms with E-state index in [-0.39, 0.29) is 5.91 Å². The highest BCUT2D eigenvalue weighted by Gasteiger charge is 2.27. The van der Waals surface area contributed by atoms with E-state index in [1.165, 1.54) is 0 Å². The maximum atomic E-state index is 12.9. The van der Waals surface area contributed by atoms with Crippen LogP contribution in [0, 0.1) is 13.8 Å². The summed E-state index contributed by atoms with van der Waals surface area (Å²) in [6, 6.07) is 7.35. The Bertz CT molecular complexity index is 1040. The number of carbonyl (C=O) groups excluding carboxylic acids is 1. The molecule has 8 nitrogen and oxygen atoms in total. The van der Waals surface area contributed by atoms with Crippen molar-refractivity contribution in [2.24, 2.45) is 7.05 Å². The number of carbonyl (C=O) groups is 1. The Labute approximate surface area is 163 Å². The van der Waals surface area contributed by atoms with E-state index in [0.29, 0.717) is 37.5 Å². The van der Waals surface area contributed by atoms with Gasteiger partial charge in [0, 0.05) is 33.2 Å². The SMILES string of the molecule is COc1ccccc1C(=O)N1CCN(c2nc(C)nc3c(C)nn(C)c23)CC1. The molecule has 146 valence electrons. The van der Waals surface area contributed by atoms with Gasteiger partial charge < -0.3 is 14.5 Å². The molecule has 0 unspecified atom stereocenters. The number of nitrogens with zero attached hydrogens (tertiary/aromatic N) is 6. The molecule has 1 fully saturated rings. The van der Waals surface area contributed by atoms with Gasteiger partial charge in [-0.1, -0.05) is 12.1 Å². The first-order valence-electron chi connectivity index (χ1n) is 9.34. The monoisotopic (exact) mass is 380 g/mol. The number of aryl methyl sites for hydroxylation is 3. The van der Waals surface area contributed by atoms with Crippen molar-refractivity contribution in [2.75, 3.05) is 38.2 Å². The van der Waals surface area contributed by atoms with Crippen LogP contribution < -0.4 is 9.64 Å². The molecule has 4 rings (SSSR count). The third-order valence-corrected chi connectivity index (χ3v) is 5.15. The number of hydrogen-bond acceptors (Lipinski definition) is 6. The molecule has 3 heterocycles. The summed E-state index contributed by atoms with van der Waals surface area (Å²) in [5.74, 6) is 2.21. The summed E-state index contributed by atoms with van der Waals surface area (Å²) >= 11 is 0. The smallest absolute Gasteiger partial charge is 0.257 e. The number of anilines is 1. The van der Waals surface area contributed by atoms with Crippen molar-refractivity contribution < 1.29 is 9.53 Å². The zero-order valence-electron chi connectivity index (χ0n) is 16.6. The molecule has 0 radical (unpaired) electrons. The zero-order chi connectivity index (χ0) is 19.8. The number of amides is 1. The number of hydrogen-bond donors (Lipinski definition) is 0. The second-order valence-electron chi connectivity index (χ2n) is 6.98. The van der Waals surface area contributed by atoms with Crippen molar-refractivity contribution in [3.8, 4) is 5.75 Å². The summed E-state index contributed by atoms with van der Waals surface area (Å²) in [5.41, 5.74) is 3.32. The van der Waals surface area contributed by atoms with Crippen molar-refractivity contribution in [1.82, 2.24) is 24.6 Å². The second-order valence-corrected chi connectivity index (χ2v) is 6.98. The van der Waals surface area contributed by atoms with Gasteiger partial charge in [-0.2, -0.15) is 5.10 Å². The lowest BCUT2D eigenvalue weighted by Crippen LogP contribution is -2.49.